The Morgan fingerprint density at radius 1 is 1.37 bits per heavy atom. The van der Waals surface area contributed by atoms with Gasteiger partial charge in [0.05, 0.1) is 16.4 Å². The lowest BCUT2D eigenvalue weighted by molar-refractivity contribution is 0.425. The summed E-state index contributed by atoms with van der Waals surface area (Å²) >= 11 is 6.35. The summed E-state index contributed by atoms with van der Waals surface area (Å²) in [6.07, 6.45) is 5.21. The standard InChI is InChI=1S/C16H21ClN2/c1-3-13(10-12-8-9-12)19-15-7-5-4-6-14(15)18-16(19)11(2)17/h4-7,11-13H,3,8-10H2,1-2H3. The lowest BCUT2D eigenvalue weighted by Gasteiger charge is -2.21. The van der Waals surface area contributed by atoms with E-state index in [4.69, 9.17) is 16.6 Å². The van der Waals surface area contributed by atoms with Gasteiger partial charge in [0.2, 0.25) is 0 Å². The average Bonchev–Trinajstić information content (AvgIpc) is 3.14. The smallest absolute Gasteiger partial charge is 0.127 e. The minimum absolute atomic E-state index is 0.0411. The number of benzene rings is 1. The zero-order valence-electron chi connectivity index (χ0n) is 11.6. The van der Waals surface area contributed by atoms with E-state index < -0.39 is 0 Å². The van der Waals surface area contributed by atoms with Crippen LogP contribution in [-0.2, 0) is 0 Å². The second kappa shape index (κ2) is 5.16. The van der Waals surface area contributed by atoms with Crippen molar-refractivity contribution < 1.29 is 0 Å². The number of hydrogen-bond donors (Lipinski definition) is 0. The molecule has 2 atom stereocenters. The number of rotatable bonds is 5. The van der Waals surface area contributed by atoms with Gasteiger partial charge in [-0.15, -0.1) is 11.6 Å². The first kappa shape index (κ1) is 13.0. The molecule has 0 saturated heterocycles. The highest BCUT2D eigenvalue weighted by Crippen LogP contribution is 2.40. The highest BCUT2D eigenvalue weighted by molar-refractivity contribution is 6.20. The fourth-order valence-corrected chi connectivity index (χ4v) is 3.07. The summed E-state index contributed by atoms with van der Waals surface area (Å²) in [6.45, 7) is 4.29. The molecule has 2 aromatic rings. The van der Waals surface area contributed by atoms with Gasteiger partial charge in [0.1, 0.15) is 5.82 Å². The van der Waals surface area contributed by atoms with E-state index in [-0.39, 0.29) is 5.38 Å². The number of aromatic nitrogens is 2. The first-order valence-electron chi connectivity index (χ1n) is 7.31. The van der Waals surface area contributed by atoms with E-state index in [2.05, 4.69) is 29.7 Å². The third-order valence-electron chi connectivity index (χ3n) is 4.12. The number of halogens is 1. The second-order valence-corrected chi connectivity index (χ2v) is 6.34. The van der Waals surface area contributed by atoms with Crippen molar-refractivity contribution in [3.63, 3.8) is 0 Å². The molecule has 1 aromatic heterocycles. The van der Waals surface area contributed by atoms with Gasteiger partial charge in [-0.25, -0.2) is 4.98 Å². The molecule has 1 aliphatic rings. The molecule has 1 saturated carbocycles. The molecule has 1 aromatic carbocycles. The van der Waals surface area contributed by atoms with Crippen molar-refractivity contribution in [3.8, 4) is 0 Å². The maximum atomic E-state index is 6.35. The average molecular weight is 277 g/mol. The first-order valence-corrected chi connectivity index (χ1v) is 7.75. The lowest BCUT2D eigenvalue weighted by Crippen LogP contribution is -2.13. The van der Waals surface area contributed by atoms with Crippen molar-refractivity contribution >= 4 is 22.6 Å². The van der Waals surface area contributed by atoms with Crippen LogP contribution in [0.3, 0.4) is 0 Å². The van der Waals surface area contributed by atoms with Crippen LogP contribution in [-0.4, -0.2) is 9.55 Å². The SMILES string of the molecule is CCC(CC1CC1)n1c(C(C)Cl)nc2ccccc21. The van der Waals surface area contributed by atoms with Crippen LogP contribution in [0.5, 0.6) is 0 Å². The summed E-state index contributed by atoms with van der Waals surface area (Å²) in [5.74, 6) is 1.94. The summed E-state index contributed by atoms with van der Waals surface area (Å²) in [6, 6.07) is 8.92. The molecule has 0 amide bonds. The predicted octanol–water partition coefficient (Wildman–Crippen LogP) is 5.09. The van der Waals surface area contributed by atoms with E-state index in [1.807, 2.05) is 13.0 Å². The van der Waals surface area contributed by atoms with Crippen molar-refractivity contribution in [2.24, 2.45) is 5.92 Å². The number of imidazole rings is 1. The molecule has 1 heterocycles. The molecule has 19 heavy (non-hydrogen) atoms. The summed E-state index contributed by atoms with van der Waals surface area (Å²) in [5.41, 5.74) is 2.30. The van der Waals surface area contributed by atoms with Crippen LogP contribution < -0.4 is 0 Å². The zero-order valence-corrected chi connectivity index (χ0v) is 12.4. The van der Waals surface area contributed by atoms with E-state index in [0.29, 0.717) is 6.04 Å². The van der Waals surface area contributed by atoms with Gasteiger partial charge < -0.3 is 4.57 Å². The summed E-state index contributed by atoms with van der Waals surface area (Å²) < 4.78 is 2.39. The number of nitrogens with zero attached hydrogens (tertiary/aromatic N) is 2. The lowest BCUT2D eigenvalue weighted by atomic mass is 10.1. The normalized spacial score (nSPS) is 18.7. The van der Waals surface area contributed by atoms with E-state index in [9.17, 15) is 0 Å². The molecule has 2 unspecified atom stereocenters. The van der Waals surface area contributed by atoms with Gasteiger partial charge in [-0.2, -0.15) is 0 Å². The molecular formula is C16H21ClN2. The fraction of sp³-hybridized carbons (Fsp3) is 0.562. The molecule has 3 heteroatoms. The predicted molar refractivity (Wildman–Crippen MR) is 80.7 cm³/mol. The molecule has 3 rings (SSSR count). The Morgan fingerprint density at radius 2 is 2.11 bits per heavy atom. The van der Waals surface area contributed by atoms with E-state index >= 15 is 0 Å². The van der Waals surface area contributed by atoms with E-state index in [1.165, 1.54) is 24.8 Å². The van der Waals surface area contributed by atoms with Gasteiger partial charge in [0.15, 0.2) is 0 Å². The highest BCUT2D eigenvalue weighted by Gasteiger charge is 2.28. The third kappa shape index (κ3) is 2.51. The summed E-state index contributed by atoms with van der Waals surface area (Å²) in [7, 11) is 0. The summed E-state index contributed by atoms with van der Waals surface area (Å²) in [5, 5.41) is -0.0411. The Labute approximate surface area is 119 Å². The largest absolute Gasteiger partial charge is 0.324 e. The number of hydrogen-bond acceptors (Lipinski definition) is 1. The van der Waals surface area contributed by atoms with Crippen LogP contribution in [0.2, 0.25) is 0 Å². The Kier molecular flexibility index (Phi) is 3.53. The quantitative estimate of drug-likeness (QED) is 0.696. The maximum absolute atomic E-state index is 6.35. The van der Waals surface area contributed by atoms with Crippen LogP contribution in [0.1, 0.15) is 56.8 Å². The Hall–Kier alpha value is -1.02. The fourth-order valence-electron chi connectivity index (χ4n) is 2.92. The van der Waals surface area contributed by atoms with Crippen molar-refractivity contribution in [1.82, 2.24) is 9.55 Å². The summed E-state index contributed by atoms with van der Waals surface area (Å²) in [4.78, 5) is 4.74. The van der Waals surface area contributed by atoms with Crippen molar-refractivity contribution in [3.05, 3.63) is 30.1 Å². The van der Waals surface area contributed by atoms with Gasteiger partial charge in [0, 0.05) is 6.04 Å². The van der Waals surface area contributed by atoms with Gasteiger partial charge in [0.25, 0.3) is 0 Å². The molecule has 102 valence electrons. The van der Waals surface area contributed by atoms with E-state index in [1.54, 1.807) is 0 Å². The van der Waals surface area contributed by atoms with Crippen LogP contribution in [0.25, 0.3) is 11.0 Å². The van der Waals surface area contributed by atoms with Gasteiger partial charge in [-0.3, -0.25) is 0 Å². The Balaban J connectivity index is 2.09. The molecule has 0 spiro atoms. The van der Waals surface area contributed by atoms with Crippen LogP contribution in [0.15, 0.2) is 24.3 Å². The van der Waals surface area contributed by atoms with Gasteiger partial charge in [-0.05, 0) is 37.8 Å². The number of fused-ring (bicyclic) bond motifs is 1. The van der Waals surface area contributed by atoms with E-state index in [0.717, 1.165) is 23.7 Å². The van der Waals surface area contributed by atoms with Crippen molar-refractivity contribution in [2.45, 2.75) is 50.9 Å². The highest BCUT2D eigenvalue weighted by atomic mass is 35.5. The molecule has 1 aliphatic carbocycles. The molecule has 1 fully saturated rings. The number of alkyl halides is 1. The molecule has 0 radical (unpaired) electrons. The topological polar surface area (TPSA) is 17.8 Å². The van der Waals surface area contributed by atoms with Crippen molar-refractivity contribution in [2.75, 3.05) is 0 Å². The minimum atomic E-state index is -0.0411. The number of para-hydroxylation sites is 2. The molecule has 2 nitrogen and oxygen atoms in total. The maximum Gasteiger partial charge on any atom is 0.127 e. The van der Waals surface area contributed by atoms with Crippen LogP contribution >= 0.6 is 11.6 Å². The minimum Gasteiger partial charge on any atom is -0.324 e. The first-order chi connectivity index (χ1) is 9.20. The molecule has 0 bridgehead atoms. The Morgan fingerprint density at radius 3 is 2.74 bits per heavy atom. The zero-order chi connectivity index (χ0) is 13.4. The third-order valence-corrected chi connectivity index (χ3v) is 4.31. The van der Waals surface area contributed by atoms with Gasteiger partial charge >= 0.3 is 0 Å². The molecular weight excluding hydrogens is 256 g/mol. The monoisotopic (exact) mass is 276 g/mol. The molecule has 0 N–H and O–H groups in total. The second-order valence-electron chi connectivity index (χ2n) is 5.69. The Bertz CT molecular complexity index is 569. The van der Waals surface area contributed by atoms with Crippen molar-refractivity contribution in [1.29, 1.82) is 0 Å². The van der Waals surface area contributed by atoms with Crippen LogP contribution in [0, 0.1) is 5.92 Å². The van der Waals surface area contributed by atoms with Gasteiger partial charge in [-0.1, -0.05) is 31.9 Å². The molecule has 0 aliphatic heterocycles. The van der Waals surface area contributed by atoms with Crippen LogP contribution in [0.4, 0.5) is 0 Å².